The SMILES string of the molecule is CC(C)c1cnc(C2CCC(O)(C(C)C)CC2)nc1. The highest BCUT2D eigenvalue weighted by molar-refractivity contribution is 5.12. The topological polar surface area (TPSA) is 46.0 Å². The lowest BCUT2D eigenvalue weighted by Crippen LogP contribution is -2.38. The minimum absolute atomic E-state index is 0.331. The van der Waals surface area contributed by atoms with Crippen LogP contribution in [0.25, 0.3) is 0 Å². The van der Waals surface area contributed by atoms with Crippen molar-refractivity contribution in [2.75, 3.05) is 0 Å². The highest BCUT2D eigenvalue weighted by Crippen LogP contribution is 2.40. The number of aromatic nitrogens is 2. The molecule has 1 N–H and O–H groups in total. The Balaban J connectivity index is 2.01. The largest absolute Gasteiger partial charge is 0.390 e. The Labute approximate surface area is 116 Å². The normalized spacial score (nSPS) is 28.1. The van der Waals surface area contributed by atoms with E-state index in [1.165, 1.54) is 5.56 Å². The van der Waals surface area contributed by atoms with Crippen molar-refractivity contribution in [2.24, 2.45) is 5.92 Å². The van der Waals surface area contributed by atoms with Gasteiger partial charge in [-0.15, -0.1) is 0 Å². The Morgan fingerprint density at radius 3 is 2.05 bits per heavy atom. The summed E-state index contributed by atoms with van der Waals surface area (Å²) in [7, 11) is 0. The lowest BCUT2D eigenvalue weighted by atomic mass is 9.73. The monoisotopic (exact) mass is 262 g/mol. The van der Waals surface area contributed by atoms with Crippen LogP contribution in [-0.4, -0.2) is 20.7 Å². The van der Waals surface area contributed by atoms with E-state index in [4.69, 9.17) is 0 Å². The molecule has 1 aliphatic carbocycles. The van der Waals surface area contributed by atoms with Crippen molar-refractivity contribution >= 4 is 0 Å². The van der Waals surface area contributed by atoms with Crippen LogP contribution in [-0.2, 0) is 0 Å². The maximum atomic E-state index is 10.5. The molecule has 106 valence electrons. The fraction of sp³-hybridized carbons (Fsp3) is 0.750. The summed E-state index contributed by atoms with van der Waals surface area (Å²) in [6, 6.07) is 0. The van der Waals surface area contributed by atoms with Crippen LogP contribution in [0.1, 0.15) is 76.6 Å². The van der Waals surface area contributed by atoms with Crippen LogP contribution in [0.3, 0.4) is 0 Å². The van der Waals surface area contributed by atoms with Crippen LogP contribution in [0.5, 0.6) is 0 Å². The molecule has 3 nitrogen and oxygen atoms in total. The van der Waals surface area contributed by atoms with Gasteiger partial charge in [-0.05, 0) is 43.1 Å². The van der Waals surface area contributed by atoms with Crippen LogP contribution in [0, 0.1) is 5.92 Å². The molecule has 1 aromatic rings. The molecule has 1 fully saturated rings. The third-order valence-corrected chi connectivity index (χ3v) is 4.65. The van der Waals surface area contributed by atoms with Crippen molar-refractivity contribution in [1.29, 1.82) is 0 Å². The molecule has 0 unspecified atom stereocenters. The summed E-state index contributed by atoms with van der Waals surface area (Å²) < 4.78 is 0. The van der Waals surface area contributed by atoms with E-state index in [1.807, 2.05) is 12.4 Å². The average molecular weight is 262 g/mol. The second-order valence-corrected chi connectivity index (χ2v) is 6.56. The average Bonchev–Trinajstić information content (AvgIpc) is 2.39. The fourth-order valence-corrected chi connectivity index (χ4v) is 2.81. The van der Waals surface area contributed by atoms with Gasteiger partial charge in [0.2, 0.25) is 0 Å². The molecule has 1 aromatic heterocycles. The zero-order valence-electron chi connectivity index (χ0n) is 12.6. The van der Waals surface area contributed by atoms with Crippen LogP contribution >= 0.6 is 0 Å². The Bertz CT molecular complexity index is 403. The van der Waals surface area contributed by atoms with Crippen molar-refractivity contribution < 1.29 is 5.11 Å². The number of aliphatic hydroxyl groups is 1. The first-order chi connectivity index (χ1) is 8.92. The Morgan fingerprint density at radius 2 is 1.63 bits per heavy atom. The second-order valence-electron chi connectivity index (χ2n) is 6.56. The van der Waals surface area contributed by atoms with Crippen molar-refractivity contribution in [2.45, 2.75) is 70.8 Å². The number of nitrogens with zero attached hydrogens (tertiary/aromatic N) is 2. The molecule has 1 aliphatic rings. The summed E-state index contributed by atoms with van der Waals surface area (Å²) in [5.74, 6) is 2.18. The molecule has 1 saturated carbocycles. The predicted octanol–water partition coefficient (Wildman–Crippen LogP) is 3.64. The molecular formula is C16H26N2O. The molecule has 3 heteroatoms. The molecule has 0 atom stereocenters. The first-order valence-corrected chi connectivity index (χ1v) is 7.46. The first-order valence-electron chi connectivity index (χ1n) is 7.46. The maximum absolute atomic E-state index is 10.5. The van der Waals surface area contributed by atoms with Gasteiger partial charge in [0.15, 0.2) is 0 Å². The van der Waals surface area contributed by atoms with Gasteiger partial charge in [0.05, 0.1) is 5.60 Å². The highest BCUT2D eigenvalue weighted by Gasteiger charge is 2.36. The number of hydrogen-bond donors (Lipinski definition) is 1. The molecule has 0 aromatic carbocycles. The zero-order valence-corrected chi connectivity index (χ0v) is 12.6. The van der Waals surface area contributed by atoms with E-state index in [1.54, 1.807) is 0 Å². The summed E-state index contributed by atoms with van der Waals surface area (Å²) in [6.07, 6.45) is 7.63. The molecule has 0 saturated heterocycles. The number of hydrogen-bond acceptors (Lipinski definition) is 3. The summed E-state index contributed by atoms with van der Waals surface area (Å²) >= 11 is 0. The molecule has 0 aliphatic heterocycles. The maximum Gasteiger partial charge on any atom is 0.131 e. The minimum atomic E-state index is -0.478. The quantitative estimate of drug-likeness (QED) is 0.904. The summed E-state index contributed by atoms with van der Waals surface area (Å²) in [5.41, 5.74) is 0.715. The van der Waals surface area contributed by atoms with E-state index < -0.39 is 5.60 Å². The zero-order chi connectivity index (χ0) is 14.0. The van der Waals surface area contributed by atoms with Crippen LogP contribution < -0.4 is 0 Å². The fourth-order valence-electron chi connectivity index (χ4n) is 2.81. The first kappa shape index (κ1) is 14.4. The molecule has 2 rings (SSSR count). The third-order valence-electron chi connectivity index (χ3n) is 4.65. The van der Waals surface area contributed by atoms with E-state index in [-0.39, 0.29) is 0 Å². The Hall–Kier alpha value is -0.960. The van der Waals surface area contributed by atoms with Gasteiger partial charge in [-0.1, -0.05) is 27.7 Å². The van der Waals surface area contributed by atoms with Gasteiger partial charge in [-0.2, -0.15) is 0 Å². The van der Waals surface area contributed by atoms with Gasteiger partial charge in [-0.25, -0.2) is 9.97 Å². The molecular weight excluding hydrogens is 236 g/mol. The van der Waals surface area contributed by atoms with Crippen molar-refractivity contribution in [3.05, 3.63) is 23.8 Å². The summed E-state index contributed by atoms with van der Waals surface area (Å²) in [6.45, 7) is 8.52. The van der Waals surface area contributed by atoms with E-state index in [9.17, 15) is 5.11 Å². The Kier molecular flexibility index (Phi) is 4.24. The molecule has 0 spiro atoms. The number of rotatable bonds is 3. The summed E-state index contributed by atoms with van der Waals surface area (Å²) in [4.78, 5) is 9.05. The van der Waals surface area contributed by atoms with Gasteiger partial charge in [0.25, 0.3) is 0 Å². The van der Waals surface area contributed by atoms with Crippen molar-refractivity contribution in [3.63, 3.8) is 0 Å². The summed E-state index contributed by atoms with van der Waals surface area (Å²) in [5, 5.41) is 10.5. The van der Waals surface area contributed by atoms with Crippen LogP contribution in [0.15, 0.2) is 12.4 Å². The van der Waals surface area contributed by atoms with E-state index in [0.29, 0.717) is 17.8 Å². The Morgan fingerprint density at radius 1 is 1.11 bits per heavy atom. The van der Waals surface area contributed by atoms with Crippen molar-refractivity contribution in [1.82, 2.24) is 9.97 Å². The third kappa shape index (κ3) is 3.14. The predicted molar refractivity (Wildman–Crippen MR) is 77.1 cm³/mol. The van der Waals surface area contributed by atoms with Crippen molar-refractivity contribution in [3.8, 4) is 0 Å². The van der Waals surface area contributed by atoms with Gasteiger partial charge in [0, 0.05) is 18.3 Å². The minimum Gasteiger partial charge on any atom is -0.390 e. The van der Waals surface area contributed by atoms with Gasteiger partial charge in [0.1, 0.15) is 5.82 Å². The van der Waals surface area contributed by atoms with Gasteiger partial charge < -0.3 is 5.11 Å². The second kappa shape index (κ2) is 5.58. The van der Waals surface area contributed by atoms with Gasteiger partial charge in [-0.3, -0.25) is 0 Å². The van der Waals surface area contributed by atoms with E-state index in [2.05, 4.69) is 37.7 Å². The molecule has 19 heavy (non-hydrogen) atoms. The lowest BCUT2D eigenvalue weighted by Gasteiger charge is -2.38. The van der Waals surface area contributed by atoms with E-state index >= 15 is 0 Å². The molecule has 1 heterocycles. The van der Waals surface area contributed by atoms with Gasteiger partial charge >= 0.3 is 0 Å². The molecule has 0 amide bonds. The van der Waals surface area contributed by atoms with E-state index in [0.717, 1.165) is 31.5 Å². The van der Waals surface area contributed by atoms with Crippen LogP contribution in [0.2, 0.25) is 0 Å². The lowest BCUT2D eigenvalue weighted by molar-refractivity contribution is -0.0414. The molecule has 0 bridgehead atoms. The molecule has 0 radical (unpaired) electrons. The smallest absolute Gasteiger partial charge is 0.131 e. The highest BCUT2D eigenvalue weighted by atomic mass is 16.3. The van der Waals surface area contributed by atoms with Crippen LogP contribution in [0.4, 0.5) is 0 Å². The standard InChI is InChI=1S/C16H26N2O/c1-11(2)14-9-17-15(18-10-14)13-5-7-16(19,8-6-13)12(3)4/h9-13,19H,5-8H2,1-4H3.